The van der Waals surface area contributed by atoms with Crippen molar-refractivity contribution < 1.29 is 4.74 Å². The maximum Gasteiger partial charge on any atom is 0.147 e. The van der Waals surface area contributed by atoms with E-state index in [1.807, 2.05) is 37.4 Å². The van der Waals surface area contributed by atoms with Crippen LogP contribution >= 0.6 is 12.4 Å². The van der Waals surface area contributed by atoms with Gasteiger partial charge in [-0.25, -0.2) is 4.98 Å². The number of ether oxygens (including phenoxy) is 1. The van der Waals surface area contributed by atoms with Gasteiger partial charge in [0.1, 0.15) is 5.82 Å². The summed E-state index contributed by atoms with van der Waals surface area (Å²) in [5, 5.41) is 0. The summed E-state index contributed by atoms with van der Waals surface area (Å²) in [6.45, 7) is 4.74. The average molecular weight is 280 g/mol. The molecule has 0 N–H and O–H groups in total. The second-order valence-electron chi connectivity index (χ2n) is 4.53. The van der Waals surface area contributed by atoms with Gasteiger partial charge in [-0.15, -0.1) is 12.4 Å². The van der Waals surface area contributed by atoms with Gasteiger partial charge in [-0.3, -0.25) is 4.98 Å². The fraction of sp³-hybridized carbons (Fsp3) is 0.429. The van der Waals surface area contributed by atoms with E-state index in [0.717, 1.165) is 43.0 Å². The summed E-state index contributed by atoms with van der Waals surface area (Å²) in [4.78, 5) is 11.4. The van der Waals surface area contributed by atoms with E-state index < -0.39 is 0 Å². The molecule has 1 unspecified atom stereocenters. The Balaban J connectivity index is 0.00000133. The highest BCUT2D eigenvalue weighted by molar-refractivity contribution is 5.85. The van der Waals surface area contributed by atoms with Crippen molar-refractivity contribution in [2.75, 3.05) is 24.6 Å². The van der Waals surface area contributed by atoms with Crippen LogP contribution in [0.5, 0.6) is 0 Å². The van der Waals surface area contributed by atoms with Crippen LogP contribution in [-0.4, -0.2) is 35.8 Å². The van der Waals surface area contributed by atoms with Crippen LogP contribution in [0.3, 0.4) is 0 Å². The Morgan fingerprint density at radius 1 is 1.32 bits per heavy atom. The molecule has 5 heteroatoms. The minimum absolute atomic E-state index is 0. The number of fused-ring (bicyclic) bond motifs is 1. The van der Waals surface area contributed by atoms with Gasteiger partial charge < -0.3 is 9.64 Å². The minimum atomic E-state index is 0. The van der Waals surface area contributed by atoms with Crippen LogP contribution in [0.2, 0.25) is 0 Å². The van der Waals surface area contributed by atoms with Crippen LogP contribution in [0.1, 0.15) is 13.3 Å². The number of hydrogen-bond donors (Lipinski definition) is 0. The van der Waals surface area contributed by atoms with Crippen molar-refractivity contribution >= 4 is 29.3 Å². The number of halogens is 1. The maximum absolute atomic E-state index is 5.65. The van der Waals surface area contributed by atoms with E-state index in [2.05, 4.69) is 14.9 Å². The summed E-state index contributed by atoms with van der Waals surface area (Å²) in [5.74, 6) is 0.955. The standard InChI is InChI=1S/C14H17N3O.ClH/c1-2-18-11-7-8-17(10-11)14-9-15-12-5-3-4-6-13(12)16-14;/h3-6,9,11H,2,7-8,10H2,1H3;1H. The Bertz CT molecular complexity index is 549. The molecule has 1 aliphatic rings. The molecule has 1 fully saturated rings. The van der Waals surface area contributed by atoms with Crippen LogP contribution in [0.4, 0.5) is 5.82 Å². The lowest BCUT2D eigenvalue weighted by molar-refractivity contribution is 0.0787. The van der Waals surface area contributed by atoms with Gasteiger partial charge in [0.2, 0.25) is 0 Å². The van der Waals surface area contributed by atoms with Crippen LogP contribution in [0, 0.1) is 0 Å². The molecule has 0 amide bonds. The zero-order valence-corrected chi connectivity index (χ0v) is 11.8. The second-order valence-corrected chi connectivity index (χ2v) is 4.53. The SMILES string of the molecule is CCOC1CCN(c2cnc3ccccc3n2)C1.Cl. The number of aromatic nitrogens is 2. The summed E-state index contributed by atoms with van der Waals surface area (Å²) in [5.41, 5.74) is 1.90. The number of nitrogens with zero attached hydrogens (tertiary/aromatic N) is 3. The largest absolute Gasteiger partial charge is 0.377 e. The molecule has 102 valence electrons. The zero-order valence-electron chi connectivity index (χ0n) is 11.0. The molecule has 3 rings (SSSR count). The number of hydrogen-bond acceptors (Lipinski definition) is 4. The van der Waals surface area contributed by atoms with E-state index in [9.17, 15) is 0 Å². The van der Waals surface area contributed by atoms with E-state index in [1.165, 1.54) is 0 Å². The van der Waals surface area contributed by atoms with E-state index in [1.54, 1.807) is 0 Å². The molecule has 19 heavy (non-hydrogen) atoms. The van der Waals surface area contributed by atoms with Crippen LogP contribution in [0.15, 0.2) is 30.5 Å². The third kappa shape index (κ3) is 2.96. The molecule has 0 saturated carbocycles. The summed E-state index contributed by atoms with van der Waals surface area (Å²) < 4.78 is 5.65. The highest BCUT2D eigenvalue weighted by Gasteiger charge is 2.23. The lowest BCUT2D eigenvalue weighted by Crippen LogP contribution is -2.23. The molecule has 2 heterocycles. The fourth-order valence-corrected chi connectivity index (χ4v) is 2.41. The van der Waals surface area contributed by atoms with Gasteiger partial charge in [0.05, 0.1) is 23.3 Å². The monoisotopic (exact) mass is 279 g/mol. The lowest BCUT2D eigenvalue weighted by atomic mass is 10.3. The Kier molecular flexibility index (Phi) is 4.56. The number of anilines is 1. The van der Waals surface area contributed by atoms with Gasteiger partial charge in [0.15, 0.2) is 0 Å². The zero-order chi connectivity index (χ0) is 12.4. The van der Waals surface area contributed by atoms with Crippen molar-refractivity contribution in [1.29, 1.82) is 0 Å². The normalized spacial score (nSPS) is 18.6. The van der Waals surface area contributed by atoms with Crippen LogP contribution in [-0.2, 0) is 4.74 Å². The molecule has 4 nitrogen and oxygen atoms in total. The molecular formula is C14H18ClN3O. The first-order chi connectivity index (χ1) is 8.86. The summed E-state index contributed by atoms with van der Waals surface area (Å²) in [7, 11) is 0. The molecule has 1 atom stereocenters. The Morgan fingerprint density at radius 3 is 2.89 bits per heavy atom. The van der Waals surface area contributed by atoms with Gasteiger partial charge in [-0.05, 0) is 25.5 Å². The predicted molar refractivity (Wildman–Crippen MR) is 79.0 cm³/mol. The molecule has 1 saturated heterocycles. The smallest absolute Gasteiger partial charge is 0.147 e. The Morgan fingerprint density at radius 2 is 2.11 bits per heavy atom. The van der Waals surface area contributed by atoms with E-state index >= 15 is 0 Å². The van der Waals surface area contributed by atoms with E-state index in [0.29, 0.717) is 6.10 Å². The first kappa shape index (κ1) is 14.0. The van der Waals surface area contributed by atoms with Crippen molar-refractivity contribution in [3.05, 3.63) is 30.5 Å². The van der Waals surface area contributed by atoms with Crippen LogP contribution < -0.4 is 4.90 Å². The van der Waals surface area contributed by atoms with Crippen LogP contribution in [0.25, 0.3) is 11.0 Å². The van der Waals surface area contributed by atoms with E-state index in [-0.39, 0.29) is 12.4 Å². The van der Waals surface area contributed by atoms with Gasteiger partial charge >= 0.3 is 0 Å². The molecule has 1 aromatic carbocycles. The highest BCUT2D eigenvalue weighted by atomic mass is 35.5. The van der Waals surface area contributed by atoms with Crippen molar-refractivity contribution in [1.82, 2.24) is 9.97 Å². The molecule has 2 aromatic rings. The quantitative estimate of drug-likeness (QED) is 0.866. The highest BCUT2D eigenvalue weighted by Crippen LogP contribution is 2.21. The average Bonchev–Trinajstić information content (AvgIpc) is 2.87. The number of para-hydroxylation sites is 2. The van der Waals surface area contributed by atoms with Gasteiger partial charge in [0.25, 0.3) is 0 Å². The molecule has 0 spiro atoms. The lowest BCUT2D eigenvalue weighted by Gasteiger charge is -2.17. The van der Waals surface area contributed by atoms with Crippen molar-refractivity contribution in [2.45, 2.75) is 19.4 Å². The summed E-state index contributed by atoms with van der Waals surface area (Å²) in [6, 6.07) is 7.96. The predicted octanol–water partition coefficient (Wildman–Crippen LogP) is 2.67. The molecule has 1 aliphatic heterocycles. The van der Waals surface area contributed by atoms with Crippen molar-refractivity contribution in [3.8, 4) is 0 Å². The number of rotatable bonds is 3. The first-order valence-electron chi connectivity index (χ1n) is 6.45. The maximum atomic E-state index is 5.65. The molecule has 0 radical (unpaired) electrons. The molecule has 0 bridgehead atoms. The summed E-state index contributed by atoms with van der Waals surface area (Å²) in [6.07, 6.45) is 3.27. The van der Waals surface area contributed by atoms with Crippen molar-refractivity contribution in [3.63, 3.8) is 0 Å². The van der Waals surface area contributed by atoms with Gasteiger partial charge in [-0.1, -0.05) is 12.1 Å². The van der Waals surface area contributed by atoms with Gasteiger partial charge in [-0.2, -0.15) is 0 Å². The fourth-order valence-electron chi connectivity index (χ4n) is 2.41. The Labute approximate surface area is 119 Å². The minimum Gasteiger partial charge on any atom is -0.377 e. The Hall–Kier alpha value is -1.39. The number of benzene rings is 1. The topological polar surface area (TPSA) is 38.2 Å². The third-order valence-electron chi connectivity index (χ3n) is 3.31. The second kappa shape index (κ2) is 6.17. The van der Waals surface area contributed by atoms with Crippen molar-refractivity contribution in [2.24, 2.45) is 0 Å². The third-order valence-corrected chi connectivity index (χ3v) is 3.31. The van der Waals surface area contributed by atoms with Gasteiger partial charge in [0, 0.05) is 19.7 Å². The molecule has 1 aromatic heterocycles. The van der Waals surface area contributed by atoms with E-state index in [4.69, 9.17) is 4.74 Å². The molecule has 0 aliphatic carbocycles. The summed E-state index contributed by atoms with van der Waals surface area (Å²) >= 11 is 0. The molecular weight excluding hydrogens is 262 g/mol. The first-order valence-corrected chi connectivity index (χ1v) is 6.45.